The van der Waals surface area contributed by atoms with E-state index >= 15 is 0 Å². The smallest absolute Gasteiger partial charge is 0.114 e. The Bertz CT molecular complexity index is 587. The lowest BCUT2D eigenvalue weighted by molar-refractivity contribution is 0.0737. The van der Waals surface area contributed by atoms with Crippen molar-refractivity contribution in [1.82, 2.24) is 15.0 Å². The van der Waals surface area contributed by atoms with Crippen molar-refractivity contribution in [3.63, 3.8) is 0 Å². The first-order valence-electron chi connectivity index (χ1n) is 5.40. The van der Waals surface area contributed by atoms with Crippen molar-refractivity contribution >= 4 is 23.2 Å². The van der Waals surface area contributed by atoms with E-state index in [1.807, 2.05) is 6.92 Å². The van der Waals surface area contributed by atoms with E-state index in [1.54, 1.807) is 32.2 Å². The molecule has 2 aromatic rings. The minimum absolute atomic E-state index is 0.468. The molecule has 0 aliphatic rings. The normalized spacial score (nSPS) is 11.9. The number of aliphatic hydroxyl groups is 1. The first kappa shape index (κ1) is 13.3. The van der Waals surface area contributed by atoms with Crippen molar-refractivity contribution in [2.45, 2.75) is 26.4 Å². The zero-order chi connectivity index (χ0) is 13.5. The van der Waals surface area contributed by atoms with Crippen LogP contribution in [-0.2, 0) is 5.60 Å². The molecule has 96 valence electrons. The number of hydrogen-bond acceptors (Lipinski definition) is 3. The van der Waals surface area contributed by atoms with Crippen molar-refractivity contribution in [3.8, 4) is 5.69 Å². The Morgan fingerprint density at radius 3 is 2.44 bits per heavy atom. The van der Waals surface area contributed by atoms with Gasteiger partial charge in [-0.1, -0.05) is 28.4 Å². The lowest BCUT2D eigenvalue weighted by Gasteiger charge is -2.12. The quantitative estimate of drug-likeness (QED) is 0.922. The fourth-order valence-electron chi connectivity index (χ4n) is 1.47. The molecule has 0 saturated heterocycles. The van der Waals surface area contributed by atoms with Crippen molar-refractivity contribution in [2.75, 3.05) is 0 Å². The van der Waals surface area contributed by atoms with Crippen LogP contribution in [0, 0.1) is 6.92 Å². The van der Waals surface area contributed by atoms with Crippen LogP contribution in [0.4, 0.5) is 0 Å². The molecule has 0 aliphatic carbocycles. The first-order valence-corrected chi connectivity index (χ1v) is 6.16. The van der Waals surface area contributed by atoms with Crippen LogP contribution in [0.3, 0.4) is 0 Å². The average molecular weight is 286 g/mol. The van der Waals surface area contributed by atoms with Crippen LogP contribution in [0.2, 0.25) is 10.0 Å². The van der Waals surface area contributed by atoms with Gasteiger partial charge in [0.1, 0.15) is 11.3 Å². The maximum atomic E-state index is 9.84. The average Bonchev–Trinajstić information content (AvgIpc) is 2.72. The van der Waals surface area contributed by atoms with Gasteiger partial charge in [0.25, 0.3) is 0 Å². The topological polar surface area (TPSA) is 50.9 Å². The minimum Gasteiger partial charge on any atom is -0.384 e. The van der Waals surface area contributed by atoms with Gasteiger partial charge in [0, 0.05) is 5.02 Å². The highest BCUT2D eigenvalue weighted by Gasteiger charge is 2.21. The van der Waals surface area contributed by atoms with Crippen LogP contribution in [0.1, 0.15) is 25.1 Å². The number of halogens is 2. The Hall–Kier alpha value is -1.10. The van der Waals surface area contributed by atoms with Gasteiger partial charge in [0.2, 0.25) is 0 Å². The lowest BCUT2D eigenvalue weighted by Crippen LogP contribution is -2.15. The summed E-state index contributed by atoms with van der Waals surface area (Å²) in [7, 11) is 0. The third-order valence-electron chi connectivity index (χ3n) is 2.60. The molecule has 2 rings (SSSR count). The van der Waals surface area contributed by atoms with E-state index in [1.165, 1.54) is 4.68 Å². The SMILES string of the molecule is Cc1cc(Cl)c(-n2cc(C(C)(C)O)nn2)cc1Cl. The Morgan fingerprint density at radius 2 is 1.89 bits per heavy atom. The molecule has 1 heterocycles. The molecule has 0 amide bonds. The summed E-state index contributed by atoms with van der Waals surface area (Å²) in [5.41, 5.74) is 0.956. The number of benzene rings is 1. The van der Waals surface area contributed by atoms with Gasteiger partial charge in [-0.15, -0.1) is 5.10 Å². The Labute approximate surface area is 115 Å². The van der Waals surface area contributed by atoms with Gasteiger partial charge in [-0.25, -0.2) is 4.68 Å². The second-order valence-electron chi connectivity index (χ2n) is 4.66. The summed E-state index contributed by atoms with van der Waals surface area (Å²) in [6.45, 7) is 5.16. The van der Waals surface area contributed by atoms with Gasteiger partial charge in [-0.2, -0.15) is 0 Å². The maximum Gasteiger partial charge on any atom is 0.114 e. The molecule has 0 radical (unpaired) electrons. The van der Waals surface area contributed by atoms with E-state index in [9.17, 15) is 5.11 Å². The van der Waals surface area contributed by atoms with Gasteiger partial charge < -0.3 is 5.11 Å². The van der Waals surface area contributed by atoms with Gasteiger partial charge in [-0.05, 0) is 38.5 Å². The molecule has 4 nitrogen and oxygen atoms in total. The number of aromatic nitrogens is 3. The summed E-state index contributed by atoms with van der Waals surface area (Å²) in [6, 6.07) is 3.49. The summed E-state index contributed by atoms with van der Waals surface area (Å²) in [5.74, 6) is 0. The van der Waals surface area contributed by atoms with E-state index < -0.39 is 5.60 Å². The second-order valence-corrected chi connectivity index (χ2v) is 5.47. The van der Waals surface area contributed by atoms with Gasteiger partial charge >= 0.3 is 0 Å². The highest BCUT2D eigenvalue weighted by Crippen LogP contribution is 2.28. The van der Waals surface area contributed by atoms with Crippen LogP contribution >= 0.6 is 23.2 Å². The summed E-state index contributed by atoms with van der Waals surface area (Å²) in [6.07, 6.45) is 1.63. The molecule has 0 saturated carbocycles. The summed E-state index contributed by atoms with van der Waals surface area (Å²) >= 11 is 12.2. The monoisotopic (exact) mass is 285 g/mol. The third kappa shape index (κ3) is 2.51. The Morgan fingerprint density at radius 1 is 1.22 bits per heavy atom. The standard InChI is InChI=1S/C12H13Cl2N3O/c1-7-4-9(14)10(5-8(7)13)17-6-11(15-16-17)12(2,3)18/h4-6,18H,1-3H3. The van der Waals surface area contributed by atoms with Crippen LogP contribution in [0.5, 0.6) is 0 Å². The molecule has 0 fully saturated rings. The van der Waals surface area contributed by atoms with Gasteiger partial charge in [0.05, 0.1) is 16.9 Å². The molecule has 1 aromatic heterocycles. The highest BCUT2D eigenvalue weighted by atomic mass is 35.5. The van der Waals surface area contributed by atoms with Crippen LogP contribution in [0.25, 0.3) is 5.69 Å². The molecule has 6 heteroatoms. The summed E-state index contributed by atoms with van der Waals surface area (Å²) in [4.78, 5) is 0. The predicted molar refractivity (Wildman–Crippen MR) is 71.4 cm³/mol. The minimum atomic E-state index is -1.04. The number of rotatable bonds is 2. The fraction of sp³-hybridized carbons (Fsp3) is 0.333. The Balaban J connectivity index is 2.50. The molecule has 0 atom stereocenters. The molecule has 1 N–H and O–H groups in total. The van der Waals surface area contributed by atoms with E-state index in [2.05, 4.69) is 10.3 Å². The highest BCUT2D eigenvalue weighted by molar-refractivity contribution is 6.35. The molecular weight excluding hydrogens is 273 g/mol. The molecule has 0 bridgehead atoms. The molecule has 0 spiro atoms. The zero-order valence-corrected chi connectivity index (χ0v) is 11.8. The second kappa shape index (κ2) is 4.53. The van der Waals surface area contributed by atoms with E-state index in [0.29, 0.717) is 21.4 Å². The van der Waals surface area contributed by atoms with Crippen LogP contribution < -0.4 is 0 Å². The largest absolute Gasteiger partial charge is 0.384 e. The molecule has 0 unspecified atom stereocenters. The van der Waals surface area contributed by atoms with Crippen molar-refractivity contribution < 1.29 is 5.11 Å². The van der Waals surface area contributed by atoms with Crippen LogP contribution in [0.15, 0.2) is 18.3 Å². The third-order valence-corrected chi connectivity index (χ3v) is 3.31. The fourth-order valence-corrected chi connectivity index (χ4v) is 1.94. The number of aryl methyl sites for hydroxylation is 1. The molecular formula is C12H13Cl2N3O. The lowest BCUT2D eigenvalue weighted by atomic mass is 10.1. The van der Waals surface area contributed by atoms with Crippen molar-refractivity contribution in [1.29, 1.82) is 0 Å². The maximum absolute atomic E-state index is 9.84. The van der Waals surface area contributed by atoms with E-state index in [0.717, 1.165) is 5.56 Å². The van der Waals surface area contributed by atoms with Gasteiger partial charge in [-0.3, -0.25) is 0 Å². The van der Waals surface area contributed by atoms with Crippen LogP contribution in [-0.4, -0.2) is 20.1 Å². The van der Waals surface area contributed by atoms with Gasteiger partial charge in [0.15, 0.2) is 0 Å². The summed E-state index contributed by atoms with van der Waals surface area (Å²) < 4.78 is 1.50. The van der Waals surface area contributed by atoms with E-state index in [4.69, 9.17) is 23.2 Å². The summed E-state index contributed by atoms with van der Waals surface area (Å²) in [5, 5.41) is 18.8. The zero-order valence-electron chi connectivity index (χ0n) is 10.3. The van der Waals surface area contributed by atoms with Crippen molar-refractivity contribution in [2.24, 2.45) is 0 Å². The first-order chi connectivity index (χ1) is 8.29. The number of hydrogen-bond donors (Lipinski definition) is 1. The molecule has 0 aliphatic heterocycles. The molecule has 1 aromatic carbocycles. The predicted octanol–water partition coefficient (Wildman–Crippen LogP) is 3.11. The van der Waals surface area contributed by atoms with Crippen molar-refractivity contribution in [3.05, 3.63) is 39.6 Å². The molecule has 18 heavy (non-hydrogen) atoms. The Kier molecular flexibility index (Phi) is 3.36. The number of nitrogens with zero attached hydrogens (tertiary/aromatic N) is 3. The van der Waals surface area contributed by atoms with E-state index in [-0.39, 0.29) is 0 Å².